The van der Waals surface area contributed by atoms with E-state index >= 15 is 0 Å². The first-order valence-corrected chi connectivity index (χ1v) is 8.30. The summed E-state index contributed by atoms with van der Waals surface area (Å²) in [7, 11) is 0. The van der Waals surface area contributed by atoms with Gasteiger partial charge in [0.1, 0.15) is 0 Å². The summed E-state index contributed by atoms with van der Waals surface area (Å²) < 4.78 is 0. The molecule has 1 heterocycles. The van der Waals surface area contributed by atoms with Gasteiger partial charge in [-0.3, -0.25) is 0 Å². The highest BCUT2D eigenvalue weighted by Gasteiger charge is 2.32. The van der Waals surface area contributed by atoms with Gasteiger partial charge in [-0.15, -0.1) is 11.3 Å². The summed E-state index contributed by atoms with van der Waals surface area (Å²) in [5.74, 6) is 0. The molecule has 0 unspecified atom stereocenters. The normalized spacial score (nSPS) is 17.0. The smallest absolute Gasteiger partial charge is 0.187 e. The topological polar surface area (TPSA) is 57.2 Å². The standard InChI is InChI=1S/C16H21N3OS/c20-12-16(8-4-5-9-16)17-10-14-11-21-15(19-14)18-13-6-2-1-3-7-13/h1-3,6-7,11,17,20H,4-5,8-10,12H2,(H,18,19). The lowest BCUT2D eigenvalue weighted by atomic mass is 9.99. The minimum Gasteiger partial charge on any atom is -0.394 e. The zero-order valence-corrected chi connectivity index (χ0v) is 12.8. The molecule has 0 radical (unpaired) electrons. The number of nitrogens with one attached hydrogen (secondary N) is 2. The van der Waals surface area contributed by atoms with Crippen LogP contribution < -0.4 is 10.6 Å². The largest absolute Gasteiger partial charge is 0.394 e. The van der Waals surface area contributed by atoms with Crippen molar-refractivity contribution in [2.45, 2.75) is 37.8 Å². The number of rotatable bonds is 6. The molecule has 4 nitrogen and oxygen atoms in total. The molecular weight excluding hydrogens is 282 g/mol. The van der Waals surface area contributed by atoms with Gasteiger partial charge >= 0.3 is 0 Å². The van der Waals surface area contributed by atoms with E-state index in [1.807, 2.05) is 30.3 Å². The van der Waals surface area contributed by atoms with Crippen LogP contribution in [0.2, 0.25) is 0 Å². The number of hydrogen-bond acceptors (Lipinski definition) is 5. The summed E-state index contributed by atoms with van der Waals surface area (Å²) in [6.45, 7) is 0.930. The van der Waals surface area contributed by atoms with Crippen LogP contribution in [0.25, 0.3) is 0 Å². The molecule has 112 valence electrons. The Morgan fingerprint density at radius 2 is 1.95 bits per heavy atom. The fraction of sp³-hybridized carbons (Fsp3) is 0.438. The van der Waals surface area contributed by atoms with Crippen LogP contribution in [0.1, 0.15) is 31.4 Å². The number of hydrogen-bond donors (Lipinski definition) is 3. The van der Waals surface area contributed by atoms with Crippen LogP contribution in [0.5, 0.6) is 0 Å². The van der Waals surface area contributed by atoms with Crippen molar-refractivity contribution in [3.63, 3.8) is 0 Å². The van der Waals surface area contributed by atoms with E-state index < -0.39 is 0 Å². The molecule has 5 heteroatoms. The molecule has 0 amide bonds. The Bertz CT molecular complexity index is 564. The minimum absolute atomic E-state index is 0.0867. The molecule has 0 spiro atoms. The van der Waals surface area contributed by atoms with Gasteiger partial charge in [-0.05, 0) is 25.0 Å². The number of nitrogens with zero attached hydrogens (tertiary/aromatic N) is 1. The fourth-order valence-electron chi connectivity index (χ4n) is 2.81. The van der Waals surface area contributed by atoms with Crippen molar-refractivity contribution in [1.29, 1.82) is 0 Å². The predicted octanol–water partition coefficient (Wildman–Crippen LogP) is 3.28. The zero-order valence-electron chi connectivity index (χ0n) is 12.0. The quantitative estimate of drug-likeness (QED) is 0.766. The van der Waals surface area contributed by atoms with Crippen molar-refractivity contribution in [3.05, 3.63) is 41.4 Å². The molecule has 0 atom stereocenters. The second kappa shape index (κ2) is 6.56. The SMILES string of the molecule is OCC1(NCc2csc(Nc3ccccc3)n2)CCCC1. The van der Waals surface area contributed by atoms with Gasteiger partial charge in [0.15, 0.2) is 5.13 Å². The number of para-hydroxylation sites is 1. The van der Waals surface area contributed by atoms with Crippen molar-refractivity contribution in [3.8, 4) is 0 Å². The highest BCUT2D eigenvalue weighted by Crippen LogP contribution is 2.29. The van der Waals surface area contributed by atoms with E-state index in [1.165, 1.54) is 12.8 Å². The summed E-state index contributed by atoms with van der Waals surface area (Å²) in [6, 6.07) is 10.1. The average molecular weight is 303 g/mol. The van der Waals surface area contributed by atoms with E-state index in [1.54, 1.807) is 11.3 Å². The second-order valence-electron chi connectivity index (χ2n) is 5.63. The predicted molar refractivity (Wildman–Crippen MR) is 87.0 cm³/mol. The molecule has 3 N–H and O–H groups in total. The van der Waals surface area contributed by atoms with Gasteiger partial charge in [-0.2, -0.15) is 0 Å². The van der Waals surface area contributed by atoms with Gasteiger partial charge in [-0.1, -0.05) is 31.0 Å². The van der Waals surface area contributed by atoms with Crippen LogP contribution in [-0.4, -0.2) is 22.2 Å². The van der Waals surface area contributed by atoms with Gasteiger partial charge in [0.2, 0.25) is 0 Å². The van der Waals surface area contributed by atoms with Crippen LogP contribution in [0, 0.1) is 0 Å². The van der Waals surface area contributed by atoms with E-state index in [-0.39, 0.29) is 12.1 Å². The maximum absolute atomic E-state index is 9.60. The molecule has 0 saturated heterocycles. The van der Waals surface area contributed by atoms with E-state index in [9.17, 15) is 5.11 Å². The summed E-state index contributed by atoms with van der Waals surface area (Å²) in [4.78, 5) is 4.60. The van der Waals surface area contributed by atoms with Gasteiger partial charge in [0, 0.05) is 23.2 Å². The maximum Gasteiger partial charge on any atom is 0.187 e. The van der Waals surface area contributed by atoms with Gasteiger partial charge < -0.3 is 15.7 Å². The Balaban J connectivity index is 1.58. The van der Waals surface area contributed by atoms with Crippen molar-refractivity contribution in [2.75, 3.05) is 11.9 Å². The van der Waals surface area contributed by atoms with Crippen molar-refractivity contribution >= 4 is 22.2 Å². The molecular formula is C16H21N3OS. The molecule has 2 aromatic rings. The molecule has 3 rings (SSSR count). The number of anilines is 2. The van der Waals surface area contributed by atoms with Crippen molar-refractivity contribution in [1.82, 2.24) is 10.3 Å². The lowest BCUT2D eigenvalue weighted by molar-refractivity contribution is 0.162. The van der Waals surface area contributed by atoms with Crippen LogP contribution in [0.15, 0.2) is 35.7 Å². The van der Waals surface area contributed by atoms with Crippen LogP contribution in [0.4, 0.5) is 10.8 Å². The Morgan fingerprint density at radius 1 is 1.19 bits per heavy atom. The molecule has 1 aromatic carbocycles. The van der Waals surface area contributed by atoms with E-state index in [2.05, 4.69) is 21.0 Å². The molecule has 1 fully saturated rings. The first-order valence-electron chi connectivity index (χ1n) is 7.42. The summed E-state index contributed by atoms with van der Waals surface area (Å²) in [5, 5.41) is 19.4. The summed E-state index contributed by atoms with van der Waals surface area (Å²) >= 11 is 1.61. The Hall–Kier alpha value is -1.43. The summed E-state index contributed by atoms with van der Waals surface area (Å²) in [6.07, 6.45) is 4.52. The molecule has 21 heavy (non-hydrogen) atoms. The minimum atomic E-state index is -0.0867. The highest BCUT2D eigenvalue weighted by atomic mass is 32.1. The van der Waals surface area contributed by atoms with Crippen LogP contribution >= 0.6 is 11.3 Å². The lowest BCUT2D eigenvalue weighted by Crippen LogP contribution is -2.45. The first kappa shape index (κ1) is 14.5. The Morgan fingerprint density at radius 3 is 2.67 bits per heavy atom. The van der Waals surface area contributed by atoms with E-state index in [0.717, 1.165) is 29.4 Å². The second-order valence-corrected chi connectivity index (χ2v) is 6.49. The van der Waals surface area contributed by atoms with Crippen molar-refractivity contribution < 1.29 is 5.11 Å². The monoisotopic (exact) mass is 303 g/mol. The molecule has 1 aliphatic rings. The molecule has 1 aliphatic carbocycles. The average Bonchev–Trinajstić information content (AvgIpc) is 3.16. The zero-order chi connectivity index (χ0) is 14.5. The molecule has 1 aromatic heterocycles. The first-order chi connectivity index (χ1) is 10.3. The third-order valence-electron chi connectivity index (χ3n) is 4.08. The number of aromatic nitrogens is 1. The van der Waals surface area contributed by atoms with Crippen molar-refractivity contribution in [2.24, 2.45) is 0 Å². The number of aliphatic hydroxyl groups is 1. The molecule has 0 bridgehead atoms. The number of benzene rings is 1. The number of aliphatic hydroxyl groups excluding tert-OH is 1. The summed E-state index contributed by atoms with van der Waals surface area (Å²) in [5.41, 5.74) is 1.99. The third kappa shape index (κ3) is 3.61. The maximum atomic E-state index is 9.60. The lowest BCUT2D eigenvalue weighted by Gasteiger charge is -2.27. The van der Waals surface area contributed by atoms with Gasteiger partial charge in [-0.25, -0.2) is 4.98 Å². The van der Waals surface area contributed by atoms with E-state index in [4.69, 9.17) is 0 Å². The Labute approximate surface area is 129 Å². The fourth-order valence-corrected chi connectivity index (χ4v) is 3.54. The highest BCUT2D eigenvalue weighted by molar-refractivity contribution is 7.13. The van der Waals surface area contributed by atoms with Crippen LogP contribution in [0.3, 0.4) is 0 Å². The number of thiazole rings is 1. The molecule has 0 aliphatic heterocycles. The Kier molecular flexibility index (Phi) is 4.53. The molecule has 1 saturated carbocycles. The third-order valence-corrected chi connectivity index (χ3v) is 4.89. The van der Waals surface area contributed by atoms with Gasteiger partial charge in [0.25, 0.3) is 0 Å². The van der Waals surface area contributed by atoms with E-state index in [0.29, 0.717) is 6.54 Å². The van der Waals surface area contributed by atoms with Crippen LogP contribution in [-0.2, 0) is 6.54 Å². The van der Waals surface area contributed by atoms with Gasteiger partial charge in [0.05, 0.1) is 12.3 Å².